The number of anilines is 1. The molecule has 0 unspecified atom stereocenters. The summed E-state index contributed by atoms with van der Waals surface area (Å²) in [7, 11) is 0. The van der Waals surface area contributed by atoms with Crippen LogP contribution in [0.4, 0.5) is 10.1 Å². The molecular formula is C18H21FN2O3. The molecule has 0 radical (unpaired) electrons. The summed E-state index contributed by atoms with van der Waals surface area (Å²) in [5.41, 5.74) is 0.757. The highest BCUT2D eigenvalue weighted by molar-refractivity contribution is 6.09. The molecule has 3 saturated heterocycles. The molecule has 1 aromatic rings. The van der Waals surface area contributed by atoms with Crippen LogP contribution in [-0.2, 0) is 14.3 Å². The number of halogens is 1. The standard InChI is InChI=1S/C18H21FN2O3/c19-13-1-3-14(4-2-13)21-8-5-15(17(21)23)16(22)20-9-6-18(11-20)7-10-24-12-18/h1-4,15H,5-12H2/t15-,18+/m1/s1. The third kappa shape index (κ3) is 2.59. The van der Waals surface area contributed by atoms with Crippen molar-refractivity contribution in [3.63, 3.8) is 0 Å². The van der Waals surface area contributed by atoms with Crippen molar-refractivity contribution < 1.29 is 18.7 Å². The van der Waals surface area contributed by atoms with Gasteiger partial charge in [-0.1, -0.05) is 0 Å². The van der Waals surface area contributed by atoms with Crippen LogP contribution >= 0.6 is 0 Å². The average Bonchev–Trinajstić information content (AvgIpc) is 3.30. The quantitative estimate of drug-likeness (QED) is 0.776. The van der Waals surface area contributed by atoms with Crippen LogP contribution in [0.2, 0.25) is 0 Å². The lowest BCUT2D eigenvalue weighted by molar-refractivity contribution is -0.139. The van der Waals surface area contributed by atoms with E-state index in [0.717, 1.165) is 26.1 Å². The molecule has 0 bridgehead atoms. The predicted octanol–water partition coefficient (Wildman–Crippen LogP) is 1.82. The van der Waals surface area contributed by atoms with E-state index in [4.69, 9.17) is 4.74 Å². The minimum absolute atomic E-state index is 0.0617. The number of likely N-dealkylation sites (tertiary alicyclic amines) is 1. The Morgan fingerprint density at radius 2 is 2.00 bits per heavy atom. The topological polar surface area (TPSA) is 49.9 Å². The van der Waals surface area contributed by atoms with Crippen LogP contribution in [-0.4, -0.2) is 49.6 Å². The molecule has 1 aromatic carbocycles. The number of hydrogen-bond donors (Lipinski definition) is 0. The van der Waals surface area contributed by atoms with Gasteiger partial charge in [0.05, 0.1) is 6.61 Å². The number of benzene rings is 1. The lowest BCUT2D eigenvalue weighted by atomic mass is 9.87. The second kappa shape index (κ2) is 5.84. The molecule has 0 aliphatic carbocycles. The molecular weight excluding hydrogens is 311 g/mol. The van der Waals surface area contributed by atoms with E-state index < -0.39 is 5.92 Å². The summed E-state index contributed by atoms with van der Waals surface area (Å²) in [5, 5.41) is 0. The largest absolute Gasteiger partial charge is 0.381 e. The molecule has 24 heavy (non-hydrogen) atoms. The third-order valence-electron chi connectivity index (χ3n) is 5.58. The zero-order chi connectivity index (χ0) is 16.7. The van der Waals surface area contributed by atoms with Crippen molar-refractivity contribution in [3.05, 3.63) is 30.1 Å². The Morgan fingerprint density at radius 3 is 2.71 bits per heavy atom. The summed E-state index contributed by atoms with van der Waals surface area (Å²) in [6.45, 7) is 3.40. The van der Waals surface area contributed by atoms with Crippen molar-refractivity contribution in [1.29, 1.82) is 0 Å². The number of carbonyl (C=O) groups is 2. The Balaban J connectivity index is 1.44. The fraction of sp³-hybridized carbons (Fsp3) is 0.556. The number of carbonyl (C=O) groups excluding carboxylic acids is 2. The number of hydrogen-bond acceptors (Lipinski definition) is 3. The highest BCUT2D eigenvalue weighted by Gasteiger charge is 2.46. The Kier molecular flexibility index (Phi) is 3.79. The summed E-state index contributed by atoms with van der Waals surface area (Å²) in [5.74, 6) is -1.17. The van der Waals surface area contributed by atoms with E-state index in [2.05, 4.69) is 0 Å². The molecule has 3 aliphatic rings. The van der Waals surface area contributed by atoms with E-state index in [1.54, 1.807) is 17.0 Å². The van der Waals surface area contributed by atoms with Crippen molar-refractivity contribution in [2.45, 2.75) is 19.3 Å². The molecule has 3 fully saturated rings. The third-order valence-corrected chi connectivity index (χ3v) is 5.58. The Labute approximate surface area is 140 Å². The second-order valence-electron chi connectivity index (χ2n) is 7.12. The van der Waals surface area contributed by atoms with Gasteiger partial charge in [0.1, 0.15) is 11.7 Å². The van der Waals surface area contributed by atoms with Gasteiger partial charge in [-0.3, -0.25) is 9.59 Å². The smallest absolute Gasteiger partial charge is 0.239 e. The SMILES string of the molecule is O=C([C@H]1CCN(c2ccc(F)cc2)C1=O)N1CC[C@]2(CCOC2)C1. The molecule has 0 N–H and O–H groups in total. The number of ether oxygens (including phenoxy) is 1. The van der Waals surface area contributed by atoms with Gasteiger partial charge in [0.15, 0.2) is 0 Å². The predicted molar refractivity (Wildman–Crippen MR) is 85.9 cm³/mol. The fourth-order valence-corrected chi connectivity index (χ4v) is 4.10. The van der Waals surface area contributed by atoms with Gasteiger partial charge in [-0.25, -0.2) is 4.39 Å². The van der Waals surface area contributed by atoms with Crippen molar-refractivity contribution >= 4 is 17.5 Å². The highest BCUT2D eigenvalue weighted by atomic mass is 19.1. The summed E-state index contributed by atoms with van der Waals surface area (Å²) in [6, 6.07) is 5.84. The first-order valence-corrected chi connectivity index (χ1v) is 8.52. The maximum Gasteiger partial charge on any atom is 0.239 e. The van der Waals surface area contributed by atoms with Gasteiger partial charge in [-0.05, 0) is 43.5 Å². The summed E-state index contributed by atoms with van der Waals surface area (Å²) in [4.78, 5) is 28.9. The van der Waals surface area contributed by atoms with E-state index in [9.17, 15) is 14.0 Å². The highest BCUT2D eigenvalue weighted by Crippen LogP contribution is 2.39. The monoisotopic (exact) mass is 332 g/mol. The fourth-order valence-electron chi connectivity index (χ4n) is 4.10. The van der Waals surface area contributed by atoms with Crippen LogP contribution in [0, 0.1) is 17.2 Å². The van der Waals surface area contributed by atoms with Crippen LogP contribution in [0.25, 0.3) is 0 Å². The molecule has 1 spiro atoms. The normalized spacial score (nSPS) is 29.9. The molecule has 5 nitrogen and oxygen atoms in total. The molecule has 2 amide bonds. The van der Waals surface area contributed by atoms with Crippen LogP contribution in [0.5, 0.6) is 0 Å². The molecule has 6 heteroatoms. The first-order chi connectivity index (χ1) is 11.6. The molecule has 3 aliphatic heterocycles. The van der Waals surface area contributed by atoms with Crippen LogP contribution in [0.15, 0.2) is 24.3 Å². The van der Waals surface area contributed by atoms with Crippen molar-refractivity contribution in [2.75, 3.05) is 37.7 Å². The molecule has 128 valence electrons. The maximum absolute atomic E-state index is 13.1. The van der Waals surface area contributed by atoms with Gasteiger partial charge in [-0.15, -0.1) is 0 Å². The first kappa shape index (κ1) is 15.6. The van der Waals surface area contributed by atoms with E-state index in [-0.39, 0.29) is 23.0 Å². The molecule has 2 atom stereocenters. The first-order valence-electron chi connectivity index (χ1n) is 8.52. The molecule has 4 rings (SSSR count). The van der Waals surface area contributed by atoms with Gasteiger partial charge < -0.3 is 14.5 Å². The van der Waals surface area contributed by atoms with Crippen LogP contribution in [0.3, 0.4) is 0 Å². The summed E-state index contributed by atoms with van der Waals surface area (Å²) in [6.07, 6.45) is 2.48. The maximum atomic E-state index is 13.1. The number of rotatable bonds is 2. The average molecular weight is 332 g/mol. The zero-order valence-electron chi connectivity index (χ0n) is 13.5. The lowest BCUT2D eigenvalue weighted by Gasteiger charge is -2.24. The van der Waals surface area contributed by atoms with Crippen LogP contribution in [0.1, 0.15) is 19.3 Å². The molecule has 3 heterocycles. The number of amides is 2. The summed E-state index contributed by atoms with van der Waals surface area (Å²) >= 11 is 0. The van der Waals surface area contributed by atoms with Gasteiger partial charge >= 0.3 is 0 Å². The van der Waals surface area contributed by atoms with Gasteiger partial charge in [-0.2, -0.15) is 0 Å². The second-order valence-corrected chi connectivity index (χ2v) is 7.12. The molecule has 0 aromatic heterocycles. The zero-order valence-corrected chi connectivity index (χ0v) is 13.5. The Hall–Kier alpha value is -1.95. The van der Waals surface area contributed by atoms with Crippen molar-refractivity contribution in [3.8, 4) is 0 Å². The van der Waals surface area contributed by atoms with E-state index in [0.29, 0.717) is 31.7 Å². The van der Waals surface area contributed by atoms with Crippen molar-refractivity contribution in [1.82, 2.24) is 4.90 Å². The van der Waals surface area contributed by atoms with Gasteiger partial charge in [0, 0.05) is 37.3 Å². The lowest BCUT2D eigenvalue weighted by Crippen LogP contribution is -2.40. The molecule has 0 saturated carbocycles. The summed E-state index contributed by atoms with van der Waals surface area (Å²) < 4.78 is 18.5. The van der Waals surface area contributed by atoms with E-state index in [1.807, 2.05) is 4.90 Å². The minimum Gasteiger partial charge on any atom is -0.381 e. The number of nitrogens with zero attached hydrogens (tertiary/aromatic N) is 2. The van der Waals surface area contributed by atoms with E-state index >= 15 is 0 Å². The van der Waals surface area contributed by atoms with Crippen LogP contribution < -0.4 is 4.90 Å². The van der Waals surface area contributed by atoms with Gasteiger partial charge in [0.25, 0.3) is 0 Å². The van der Waals surface area contributed by atoms with Crippen molar-refractivity contribution in [2.24, 2.45) is 11.3 Å². The Morgan fingerprint density at radius 1 is 1.21 bits per heavy atom. The Bertz CT molecular complexity index is 655. The van der Waals surface area contributed by atoms with E-state index in [1.165, 1.54) is 12.1 Å². The minimum atomic E-state index is -0.604. The van der Waals surface area contributed by atoms with Gasteiger partial charge in [0.2, 0.25) is 11.8 Å².